The van der Waals surface area contributed by atoms with Crippen LogP contribution in [0.15, 0.2) is 74.5 Å². The van der Waals surface area contributed by atoms with E-state index in [2.05, 4.69) is 26.2 Å². The van der Waals surface area contributed by atoms with E-state index < -0.39 is 11.5 Å². The molecular formula is C19H11BrN2O3. The molecule has 5 nitrogen and oxygen atoms in total. The number of carbonyl (C=O) groups excluding carboxylic acids is 1. The summed E-state index contributed by atoms with van der Waals surface area (Å²) < 4.78 is 6.29. The number of aromatic nitrogens is 1. The molecule has 0 atom stereocenters. The van der Waals surface area contributed by atoms with Crippen LogP contribution in [0, 0.1) is 0 Å². The van der Waals surface area contributed by atoms with E-state index in [-0.39, 0.29) is 5.56 Å². The van der Waals surface area contributed by atoms with Crippen LogP contribution in [0.4, 0.5) is 5.82 Å². The number of rotatable bonds is 2. The van der Waals surface area contributed by atoms with E-state index in [1.54, 1.807) is 36.5 Å². The Morgan fingerprint density at radius 2 is 1.92 bits per heavy atom. The molecule has 0 radical (unpaired) electrons. The van der Waals surface area contributed by atoms with Crippen molar-refractivity contribution >= 4 is 49.4 Å². The molecule has 4 aromatic rings. The molecule has 122 valence electrons. The largest absolute Gasteiger partial charge is 0.422 e. The Bertz CT molecular complexity index is 1170. The second kappa shape index (κ2) is 6.14. The topological polar surface area (TPSA) is 72.2 Å². The standard InChI is InChI=1S/C19H11BrN2O3/c20-12-5-6-13-11(9-12)4-7-16-14(13)10-15(19(24)25-16)18(23)22-17-3-1-2-8-21-17/h1-10H,(H,21,22,23). The van der Waals surface area contributed by atoms with Crippen LogP contribution in [0.1, 0.15) is 10.4 Å². The van der Waals surface area contributed by atoms with Gasteiger partial charge in [-0.25, -0.2) is 9.78 Å². The highest BCUT2D eigenvalue weighted by Crippen LogP contribution is 2.27. The predicted molar refractivity (Wildman–Crippen MR) is 99.9 cm³/mol. The molecule has 2 aromatic carbocycles. The number of nitrogens with zero attached hydrogens (tertiary/aromatic N) is 1. The van der Waals surface area contributed by atoms with Crippen molar-refractivity contribution in [2.24, 2.45) is 0 Å². The SMILES string of the molecule is O=C(Nc1ccccn1)c1cc2c(ccc3cc(Br)ccc32)oc1=O. The van der Waals surface area contributed by atoms with Crippen molar-refractivity contribution in [2.75, 3.05) is 5.32 Å². The molecule has 1 amide bonds. The minimum Gasteiger partial charge on any atom is -0.422 e. The summed E-state index contributed by atoms with van der Waals surface area (Å²) in [6.07, 6.45) is 1.56. The van der Waals surface area contributed by atoms with E-state index in [1.807, 2.05) is 24.3 Å². The van der Waals surface area contributed by atoms with E-state index in [9.17, 15) is 9.59 Å². The third-order valence-corrected chi connectivity index (χ3v) is 4.34. The number of hydrogen-bond donors (Lipinski definition) is 1. The van der Waals surface area contributed by atoms with Gasteiger partial charge in [-0.15, -0.1) is 0 Å². The monoisotopic (exact) mass is 394 g/mol. The van der Waals surface area contributed by atoms with Gasteiger partial charge in [-0.3, -0.25) is 4.79 Å². The molecule has 1 N–H and O–H groups in total. The van der Waals surface area contributed by atoms with Crippen molar-refractivity contribution in [2.45, 2.75) is 0 Å². The third kappa shape index (κ3) is 2.92. The van der Waals surface area contributed by atoms with Crippen LogP contribution in [0.3, 0.4) is 0 Å². The molecule has 0 aliphatic rings. The molecule has 0 saturated carbocycles. The van der Waals surface area contributed by atoms with E-state index in [4.69, 9.17) is 4.42 Å². The van der Waals surface area contributed by atoms with Gasteiger partial charge in [0.05, 0.1) is 0 Å². The lowest BCUT2D eigenvalue weighted by Crippen LogP contribution is -2.21. The first-order chi connectivity index (χ1) is 12.1. The minimum absolute atomic E-state index is 0.0615. The van der Waals surface area contributed by atoms with Gasteiger partial charge in [0.25, 0.3) is 5.91 Å². The van der Waals surface area contributed by atoms with Gasteiger partial charge in [0, 0.05) is 16.1 Å². The number of anilines is 1. The summed E-state index contributed by atoms with van der Waals surface area (Å²) in [4.78, 5) is 28.7. The first-order valence-corrected chi connectivity index (χ1v) is 8.30. The molecule has 6 heteroatoms. The maximum atomic E-state index is 12.5. The summed E-state index contributed by atoms with van der Waals surface area (Å²) >= 11 is 3.44. The molecule has 0 fully saturated rings. The highest BCUT2D eigenvalue weighted by atomic mass is 79.9. The fraction of sp³-hybridized carbons (Fsp3) is 0. The lowest BCUT2D eigenvalue weighted by Gasteiger charge is -2.06. The molecule has 2 aromatic heterocycles. The number of fused-ring (bicyclic) bond motifs is 3. The van der Waals surface area contributed by atoms with Gasteiger partial charge in [0.2, 0.25) is 0 Å². The van der Waals surface area contributed by atoms with E-state index >= 15 is 0 Å². The van der Waals surface area contributed by atoms with Gasteiger partial charge in [-0.05, 0) is 47.2 Å². The van der Waals surface area contributed by atoms with Gasteiger partial charge >= 0.3 is 5.63 Å². The first-order valence-electron chi connectivity index (χ1n) is 7.50. The normalized spacial score (nSPS) is 10.9. The molecule has 0 spiro atoms. The maximum absolute atomic E-state index is 12.5. The summed E-state index contributed by atoms with van der Waals surface area (Å²) in [5.74, 6) is -0.183. The number of halogens is 1. The number of pyridine rings is 1. The highest BCUT2D eigenvalue weighted by molar-refractivity contribution is 9.10. The van der Waals surface area contributed by atoms with E-state index in [0.717, 1.165) is 15.2 Å². The zero-order valence-corrected chi connectivity index (χ0v) is 14.4. The molecule has 25 heavy (non-hydrogen) atoms. The van der Waals surface area contributed by atoms with Gasteiger partial charge < -0.3 is 9.73 Å². The van der Waals surface area contributed by atoms with Crippen LogP contribution >= 0.6 is 15.9 Å². The van der Waals surface area contributed by atoms with Gasteiger partial charge in [0.15, 0.2) is 0 Å². The van der Waals surface area contributed by atoms with Crippen molar-refractivity contribution in [3.05, 3.63) is 81.3 Å². The van der Waals surface area contributed by atoms with Crippen molar-refractivity contribution in [3.63, 3.8) is 0 Å². The Morgan fingerprint density at radius 3 is 2.72 bits per heavy atom. The second-order valence-electron chi connectivity index (χ2n) is 5.46. The van der Waals surface area contributed by atoms with Gasteiger partial charge in [0.1, 0.15) is 17.0 Å². The lowest BCUT2D eigenvalue weighted by molar-refractivity contribution is 0.102. The number of benzene rings is 2. The predicted octanol–water partition coefficient (Wildman–Crippen LogP) is 4.36. The minimum atomic E-state index is -0.683. The van der Waals surface area contributed by atoms with Crippen molar-refractivity contribution in [3.8, 4) is 0 Å². The van der Waals surface area contributed by atoms with Crippen molar-refractivity contribution in [1.82, 2.24) is 4.98 Å². The molecule has 0 saturated heterocycles. The molecule has 4 rings (SSSR count). The van der Waals surface area contributed by atoms with Crippen molar-refractivity contribution in [1.29, 1.82) is 0 Å². The number of carbonyl (C=O) groups is 1. The van der Waals surface area contributed by atoms with Crippen LogP contribution in [0.25, 0.3) is 21.7 Å². The van der Waals surface area contributed by atoms with E-state index in [1.165, 1.54) is 0 Å². The molecular weight excluding hydrogens is 384 g/mol. The van der Waals surface area contributed by atoms with Crippen LogP contribution < -0.4 is 10.9 Å². The fourth-order valence-electron chi connectivity index (χ4n) is 2.68. The van der Waals surface area contributed by atoms with Crippen LogP contribution in [-0.4, -0.2) is 10.9 Å². The van der Waals surface area contributed by atoms with Gasteiger partial charge in [-0.2, -0.15) is 0 Å². The first kappa shape index (κ1) is 15.5. The quantitative estimate of drug-likeness (QED) is 0.405. The lowest BCUT2D eigenvalue weighted by atomic mass is 10.0. The summed E-state index contributed by atoms with van der Waals surface area (Å²) in [5, 5.41) is 5.19. The van der Waals surface area contributed by atoms with Crippen LogP contribution in [-0.2, 0) is 0 Å². The van der Waals surface area contributed by atoms with E-state index in [0.29, 0.717) is 16.8 Å². The summed E-state index contributed by atoms with van der Waals surface area (Å²) in [6.45, 7) is 0. The Kier molecular flexibility index (Phi) is 3.82. The zero-order chi connectivity index (χ0) is 17.4. The number of nitrogens with one attached hydrogen (secondary N) is 1. The Balaban J connectivity index is 1.86. The van der Waals surface area contributed by atoms with Crippen molar-refractivity contribution < 1.29 is 9.21 Å². The third-order valence-electron chi connectivity index (χ3n) is 3.85. The average Bonchev–Trinajstić information content (AvgIpc) is 2.61. The summed E-state index contributed by atoms with van der Waals surface area (Å²) in [6, 6.07) is 16.1. The molecule has 0 aliphatic heterocycles. The summed E-state index contributed by atoms with van der Waals surface area (Å²) in [7, 11) is 0. The Morgan fingerprint density at radius 1 is 1.04 bits per heavy atom. The Hall–Kier alpha value is -2.99. The van der Waals surface area contributed by atoms with Crippen LogP contribution in [0.5, 0.6) is 0 Å². The summed E-state index contributed by atoms with van der Waals surface area (Å²) in [5.41, 5.74) is -0.305. The zero-order valence-electron chi connectivity index (χ0n) is 12.8. The highest BCUT2D eigenvalue weighted by Gasteiger charge is 2.15. The Labute approximate surface area is 150 Å². The molecule has 0 unspecified atom stereocenters. The molecule has 0 bridgehead atoms. The average molecular weight is 395 g/mol. The molecule has 0 aliphatic carbocycles. The van der Waals surface area contributed by atoms with Gasteiger partial charge in [-0.1, -0.05) is 34.1 Å². The smallest absolute Gasteiger partial charge is 0.349 e. The van der Waals surface area contributed by atoms with Crippen LogP contribution in [0.2, 0.25) is 0 Å². The fourth-order valence-corrected chi connectivity index (χ4v) is 3.06. The molecule has 2 heterocycles. The number of amides is 1. The maximum Gasteiger partial charge on any atom is 0.349 e. The second-order valence-corrected chi connectivity index (χ2v) is 6.38. The number of hydrogen-bond acceptors (Lipinski definition) is 4.